The van der Waals surface area contributed by atoms with Gasteiger partial charge in [-0.25, -0.2) is 4.79 Å². The Bertz CT molecular complexity index is 120. The highest BCUT2D eigenvalue weighted by molar-refractivity contribution is 5.73. The van der Waals surface area contributed by atoms with Crippen LogP contribution < -0.4 is 16.8 Å². The molecule has 0 heterocycles. The van der Waals surface area contributed by atoms with Gasteiger partial charge in [0.1, 0.15) is 0 Å². The number of nitrogens with two attached hydrogens (primary N) is 2. The second-order valence-electron chi connectivity index (χ2n) is 1.04. The minimum Gasteiger partial charge on any atom is -0.493 e. The van der Waals surface area contributed by atoms with Crippen LogP contribution in [-0.4, -0.2) is 11.1 Å². The van der Waals surface area contributed by atoms with Crippen molar-refractivity contribution in [3.05, 3.63) is 12.1 Å². The predicted molar refractivity (Wildman–Crippen MR) is 27.6 cm³/mol. The van der Waals surface area contributed by atoms with Crippen LogP contribution in [0.3, 0.4) is 0 Å². The minimum absolute atomic E-state index is 0.447. The summed E-state index contributed by atoms with van der Waals surface area (Å²) < 4.78 is 0. The highest BCUT2D eigenvalue weighted by Crippen LogP contribution is 1.71. The fourth-order valence-electron chi connectivity index (χ4n) is 0.168. The maximum atomic E-state index is 9.82. The van der Waals surface area contributed by atoms with Gasteiger partial charge in [0.15, 0.2) is 0 Å². The zero-order valence-corrected chi connectivity index (χ0v) is 4.09. The number of hydrogen-bond donors (Lipinski definition) is 4. The Morgan fingerprint density at radius 3 is 2.38 bits per heavy atom. The molecule has 0 saturated carbocycles. The van der Waals surface area contributed by atoms with E-state index in [1.165, 1.54) is 0 Å². The van der Waals surface area contributed by atoms with Gasteiger partial charge >= 0.3 is 6.03 Å². The fourth-order valence-corrected chi connectivity index (χ4v) is 0.168. The zero-order chi connectivity index (χ0) is 6.57. The molecule has 0 aliphatic carbocycles. The van der Waals surface area contributed by atoms with Crippen molar-refractivity contribution in [2.45, 2.75) is 0 Å². The largest absolute Gasteiger partial charge is 0.493 e. The summed E-state index contributed by atoms with van der Waals surface area (Å²) in [5.41, 5.74) is 9.30. The molecule has 0 bridgehead atoms. The lowest BCUT2D eigenvalue weighted by Crippen LogP contribution is -2.28. The van der Waals surface area contributed by atoms with Crippen LogP contribution >= 0.6 is 0 Å². The standard InChI is InChI=1S/C3H7N3O2/c4-1-2(7)6-3(5)8/h1,7H,4H2,(H3,5,6,8)/b2-1-. The third kappa shape index (κ3) is 2.83. The molecule has 5 nitrogen and oxygen atoms in total. The summed E-state index contributed by atoms with van der Waals surface area (Å²) in [6.45, 7) is 0. The molecule has 0 saturated heterocycles. The Balaban J connectivity index is 3.56. The van der Waals surface area contributed by atoms with Crippen molar-refractivity contribution < 1.29 is 9.90 Å². The lowest BCUT2D eigenvalue weighted by atomic mass is 10.8. The first-order chi connectivity index (χ1) is 3.66. The maximum Gasteiger partial charge on any atom is 0.318 e. The molecule has 0 radical (unpaired) electrons. The van der Waals surface area contributed by atoms with Crippen molar-refractivity contribution >= 4 is 6.03 Å². The van der Waals surface area contributed by atoms with E-state index < -0.39 is 11.9 Å². The van der Waals surface area contributed by atoms with Gasteiger partial charge in [-0.1, -0.05) is 0 Å². The van der Waals surface area contributed by atoms with E-state index >= 15 is 0 Å². The molecule has 0 unspecified atom stereocenters. The van der Waals surface area contributed by atoms with Gasteiger partial charge in [0.2, 0.25) is 5.88 Å². The summed E-state index contributed by atoms with van der Waals surface area (Å²) in [6.07, 6.45) is 0.824. The minimum atomic E-state index is -0.843. The van der Waals surface area contributed by atoms with Gasteiger partial charge in [0.25, 0.3) is 0 Å². The number of urea groups is 1. The number of carbonyl (C=O) groups is 1. The van der Waals surface area contributed by atoms with Crippen LogP contribution in [0.15, 0.2) is 12.1 Å². The summed E-state index contributed by atoms with van der Waals surface area (Å²) >= 11 is 0. The van der Waals surface area contributed by atoms with Crippen molar-refractivity contribution in [2.24, 2.45) is 11.5 Å². The number of primary amides is 1. The molecule has 0 aliphatic heterocycles. The summed E-state index contributed by atoms with van der Waals surface area (Å²) in [6, 6.07) is -0.843. The van der Waals surface area contributed by atoms with Gasteiger partial charge in [-0.05, 0) is 0 Å². The van der Waals surface area contributed by atoms with Crippen LogP contribution in [0.25, 0.3) is 0 Å². The van der Waals surface area contributed by atoms with E-state index in [0.29, 0.717) is 0 Å². The van der Waals surface area contributed by atoms with E-state index in [2.05, 4.69) is 5.73 Å². The second-order valence-corrected chi connectivity index (χ2v) is 1.04. The number of amides is 2. The van der Waals surface area contributed by atoms with E-state index in [9.17, 15) is 4.79 Å². The van der Waals surface area contributed by atoms with E-state index in [4.69, 9.17) is 10.8 Å². The summed E-state index contributed by atoms with van der Waals surface area (Å²) in [5, 5.41) is 10.2. The Kier molecular flexibility index (Phi) is 2.25. The average Bonchev–Trinajstić information content (AvgIpc) is 1.65. The van der Waals surface area contributed by atoms with Gasteiger partial charge in [-0.15, -0.1) is 0 Å². The van der Waals surface area contributed by atoms with Crippen molar-refractivity contribution in [2.75, 3.05) is 0 Å². The van der Waals surface area contributed by atoms with E-state index in [-0.39, 0.29) is 0 Å². The molecule has 2 amide bonds. The van der Waals surface area contributed by atoms with Gasteiger partial charge in [-0.2, -0.15) is 0 Å². The highest BCUT2D eigenvalue weighted by atomic mass is 16.3. The zero-order valence-electron chi connectivity index (χ0n) is 4.09. The van der Waals surface area contributed by atoms with Crippen LogP contribution in [0.1, 0.15) is 0 Å². The molecule has 0 aliphatic rings. The number of hydrogen-bond acceptors (Lipinski definition) is 3. The normalized spacial score (nSPS) is 10.8. The Morgan fingerprint density at radius 1 is 1.75 bits per heavy atom. The monoisotopic (exact) mass is 117 g/mol. The summed E-state index contributed by atoms with van der Waals surface area (Å²) in [7, 11) is 0. The molecule has 0 aromatic rings. The molecule has 0 aromatic heterocycles. The molecule has 8 heavy (non-hydrogen) atoms. The second kappa shape index (κ2) is 2.73. The van der Waals surface area contributed by atoms with Crippen molar-refractivity contribution in [1.82, 2.24) is 5.32 Å². The van der Waals surface area contributed by atoms with Gasteiger partial charge in [-0.3, -0.25) is 5.32 Å². The van der Waals surface area contributed by atoms with Crippen LogP contribution in [0.2, 0.25) is 0 Å². The van der Waals surface area contributed by atoms with Crippen LogP contribution in [-0.2, 0) is 0 Å². The van der Waals surface area contributed by atoms with Crippen molar-refractivity contribution in [1.29, 1.82) is 0 Å². The third-order valence-corrected chi connectivity index (χ3v) is 0.409. The average molecular weight is 117 g/mol. The fraction of sp³-hybridized carbons (Fsp3) is 0. The summed E-state index contributed by atoms with van der Waals surface area (Å²) in [4.78, 5) is 9.82. The molecule has 0 spiro atoms. The Labute approximate surface area is 46.0 Å². The van der Waals surface area contributed by atoms with Gasteiger partial charge in [0, 0.05) is 0 Å². The van der Waals surface area contributed by atoms with Crippen molar-refractivity contribution in [3.63, 3.8) is 0 Å². The number of aliphatic hydroxyl groups is 1. The number of aliphatic hydroxyl groups excluding tert-OH is 1. The molecule has 0 rings (SSSR count). The molecule has 6 N–H and O–H groups in total. The Hall–Kier alpha value is -1.39. The highest BCUT2D eigenvalue weighted by Gasteiger charge is 1.91. The lowest BCUT2D eigenvalue weighted by molar-refractivity contribution is 0.244. The molecule has 0 atom stereocenters. The first kappa shape index (κ1) is 6.61. The smallest absolute Gasteiger partial charge is 0.318 e. The van der Waals surface area contributed by atoms with E-state index in [1.807, 2.05) is 5.32 Å². The topological polar surface area (TPSA) is 101 Å². The predicted octanol–water partition coefficient (Wildman–Crippen LogP) is -1.03. The first-order valence-corrected chi connectivity index (χ1v) is 1.84. The number of carbonyl (C=O) groups excluding carboxylic acids is 1. The molecule has 0 aromatic carbocycles. The van der Waals surface area contributed by atoms with E-state index in [1.54, 1.807) is 0 Å². The Morgan fingerprint density at radius 2 is 2.25 bits per heavy atom. The van der Waals surface area contributed by atoms with Gasteiger partial charge < -0.3 is 16.6 Å². The van der Waals surface area contributed by atoms with Gasteiger partial charge in [0.05, 0.1) is 6.20 Å². The summed E-state index contributed by atoms with van der Waals surface area (Å²) in [5.74, 6) is -0.447. The number of nitrogens with one attached hydrogen (secondary N) is 1. The molecule has 46 valence electrons. The first-order valence-electron chi connectivity index (χ1n) is 1.84. The molecule has 0 fully saturated rings. The number of rotatable bonds is 1. The van der Waals surface area contributed by atoms with Crippen LogP contribution in [0, 0.1) is 0 Å². The van der Waals surface area contributed by atoms with E-state index in [0.717, 1.165) is 6.20 Å². The van der Waals surface area contributed by atoms with Crippen LogP contribution in [0.5, 0.6) is 0 Å². The van der Waals surface area contributed by atoms with Crippen LogP contribution in [0.4, 0.5) is 4.79 Å². The molecular weight excluding hydrogens is 110 g/mol. The lowest BCUT2D eigenvalue weighted by Gasteiger charge is -1.94. The molecule has 5 heteroatoms. The third-order valence-electron chi connectivity index (χ3n) is 0.409. The SMILES string of the molecule is N/C=C(\O)NC(N)=O. The maximum absolute atomic E-state index is 9.82. The quantitative estimate of drug-likeness (QED) is 0.330. The molecular formula is C3H7N3O2. The van der Waals surface area contributed by atoms with Crippen molar-refractivity contribution in [3.8, 4) is 0 Å².